The Hall–Kier alpha value is -1.01. The lowest BCUT2D eigenvalue weighted by Crippen LogP contribution is -2.17. The number of carbonyl (C=O) groups excluding carboxylic acids is 1. The summed E-state index contributed by atoms with van der Waals surface area (Å²) in [6.07, 6.45) is 0.982. The van der Waals surface area contributed by atoms with Crippen molar-refractivity contribution in [1.29, 1.82) is 0 Å². The number of ether oxygens (including phenoxy) is 1. The molecule has 0 aliphatic heterocycles. The van der Waals surface area contributed by atoms with Crippen LogP contribution < -0.4 is 0 Å². The summed E-state index contributed by atoms with van der Waals surface area (Å²) in [4.78, 5) is 10.6. The average molecular weight is 184 g/mol. The first kappa shape index (κ1) is 12.0. The summed E-state index contributed by atoms with van der Waals surface area (Å²) >= 11 is 0. The van der Waals surface area contributed by atoms with Crippen molar-refractivity contribution in [3.05, 3.63) is 0 Å². The molecule has 0 heterocycles. The van der Waals surface area contributed by atoms with E-state index in [9.17, 15) is 9.90 Å². The molecule has 1 atom stereocenters. The van der Waals surface area contributed by atoms with Gasteiger partial charge in [0.1, 0.15) is 6.10 Å². The second-order valence-electron chi connectivity index (χ2n) is 2.78. The molecule has 0 aliphatic carbocycles. The molecule has 0 fully saturated rings. The zero-order chi connectivity index (χ0) is 10.3. The minimum atomic E-state index is -0.728. The van der Waals surface area contributed by atoms with Crippen molar-refractivity contribution in [3.8, 4) is 11.8 Å². The van der Waals surface area contributed by atoms with Crippen LogP contribution in [0.2, 0.25) is 0 Å². The van der Waals surface area contributed by atoms with Crippen LogP contribution in [-0.4, -0.2) is 24.3 Å². The summed E-state index contributed by atoms with van der Waals surface area (Å²) in [7, 11) is 1.26. The lowest BCUT2D eigenvalue weighted by molar-refractivity contribution is -0.133. The van der Waals surface area contributed by atoms with E-state index in [1.165, 1.54) is 7.11 Å². The van der Waals surface area contributed by atoms with Gasteiger partial charge in [-0.1, -0.05) is 19.8 Å². The van der Waals surface area contributed by atoms with Crippen LogP contribution in [0.1, 0.15) is 26.7 Å². The number of rotatable bonds is 3. The van der Waals surface area contributed by atoms with Gasteiger partial charge in [0.05, 0.1) is 7.11 Å². The summed E-state index contributed by atoms with van der Waals surface area (Å²) in [5, 5.41) is 9.47. The average Bonchev–Trinajstić information content (AvgIpc) is 2.16. The molecular formula is C10H16O3. The van der Waals surface area contributed by atoms with E-state index in [2.05, 4.69) is 16.6 Å². The SMILES string of the molecule is CCC(CC)C(O)C#CC(=O)OC. The van der Waals surface area contributed by atoms with Crippen molar-refractivity contribution in [1.82, 2.24) is 0 Å². The summed E-state index contributed by atoms with van der Waals surface area (Å²) in [6.45, 7) is 3.97. The van der Waals surface area contributed by atoms with Crippen LogP contribution in [0.25, 0.3) is 0 Å². The minimum Gasteiger partial charge on any atom is -0.459 e. The zero-order valence-electron chi connectivity index (χ0n) is 8.33. The molecule has 13 heavy (non-hydrogen) atoms. The molecule has 0 radical (unpaired) electrons. The third kappa shape index (κ3) is 4.54. The van der Waals surface area contributed by atoms with Gasteiger partial charge in [0.2, 0.25) is 0 Å². The maximum absolute atomic E-state index is 10.6. The highest BCUT2D eigenvalue weighted by molar-refractivity contribution is 5.88. The van der Waals surface area contributed by atoms with Crippen LogP contribution in [0.4, 0.5) is 0 Å². The van der Waals surface area contributed by atoms with Crippen molar-refractivity contribution in [2.45, 2.75) is 32.8 Å². The molecule has 1 N–H and O–H groups in total. The second-order valence-corrected chi connectivity index (χ2v) is 2.78. The topological polar surface area (TPSA) is 46.5 Å². The maximum atomic E-state index is 10.6. The molecule has 0 saturated heterocycles. The molecule has 0 amide bonds. The normalized spacial score (nSPS) is 11.8. The summed E-state index contributed by atoms with van der Waals surface area (Å²) < 4.78 is 4.32. The third-order valence-corrected chi connectivity index (χ3v) is 2.00. The lowest BCUT2D eigenvalue weighted by atomic mass is 9.97. The molecule has 3 nitrogen and oxygen atoms in total. The maximum Gasteiger partial charge on any atom is 0.384 e. The largest absolute Gasteiger partial charge is 0.459 e. The van der Waals surface area contributed by atoms with Gasteiger partial charge >= 0.3 is 5.97 Å². The first-order valence-electron chi connectivity index (χ1n) is 4.43. The lowest BCUT2D eigenvalue weighted by Gasteiger charge is -2.13. The zero-order valence-corrected chi connectivity index (χ0v) is 8.33. The van der Waals surface area contributed by atoms with E-state index in [4.69, 9.17) is 0 Å². The molecular weight excluding hydrogens is 168 g/mol. The van der Waals surface area contributed by atoms with E-state index < -0.39 is 12.1 Å². The molecule has 0 saturated carbocycles. The number of hydrogen-bond acceptors (Lipinski definition) is 3. The number of methoxy groups -OCH3 is 1. The van der Waals surface area contributed by atoms with E-state index in [-0.39, 0.29) is 5.92 Å². The van der Waals surface area contributed by atoms with Crippen LogP contribution in [-0.2, 0) is 9.53 Å². The Labute approximate surface area is 79.1 Å². The van der Waals surface area contributed by atoms with Crippen LogP contribution in [0, 0.1) is 17.8 Å². The third-order valence-electron chi connectivity index (χ3n) is 2.00. The van der Waals surface area contributed by atoms with Crippen molar-refractivity contribution in [3.63, 3.8) is 0 Å². The van der Waals surface area contributed by atoms with Crippen molar-refractivity contribution in [2.24, 2.45) is 5.92 Å². The van der Waals surface area contributed by atoms with E-state index in [1.807, 2.05) is 13.8 Å². The van der Waals surface area contributed by atoms with Gasteiger partial charge in [-0.3, -0.25) is 0 Å². The van der Waals surface area contributed by atoms with Crippen LogP contribution >= 0.6 is 0 Å². The molecule has 3 heteroatoms. The number of carbonyl (C=O) groups is 1. The van der Waals surface area contributed by atoms with E-state index >= 15 is 0 Å². The second kappa shape index (κ2) is 6.50. The molecule has 0 aromatic heterocycles. The highest BCUT2D eigenvalue weighted by Gasteiger charge is 2.12. The number of esters is 1. The minimum absolute atomic E-state index is 0.136. The molecule has 0 rings (SSSR count). The fourth-order valence-corrected chi connectivity index (χ4v) is 1.04. The fraction of sp³-hybridized carbons (Fsp3) is 0.700. The molecule has 0 aliphatic rings. The van der Waals surface area contributed by atoms with Gasteiger partial charge in [-0.05, 0) is 18.8 Å². The summed E-state index contributed by atoms with van der Waals surface area (Å²) in [5.41, 5.74) is 0. The number of aliphatic hydroxyl groups excluding tert-OH is 1. The van der Waals surface area contributed by atoms with Gasteiger partial charge in [-0.15, -0.1) is 0 Å². The Balaban J connectivity index is 4.15. The molecule has 0 bridgehead atoms. The highest BCUT2D eigenvalue weighted by atomic mass is 16.5. The van der Waals surface area contributed by atoms with Gasteiger partial charge in [0.25, 0.3) is 0 Å². The number of aliphatic hydroxyl groups is 1. The van der Waals surface area contributed by atoms with Gasteiger partial charge < -0.3 is 9.84 Å². The molecule has 0 aromatic rings. The number of hydrogen-bond donors (Lipinski definition) is 1. The molecule has 74 valence electrons. The predicted octanol–water partition coefficient (Wildman–Crippen LogP) is 0.960. The molecule has 0 aromatic carbocycles. The summed E-state index contributed by atoms with van der Waals surface area (Å²) in [5.74, 6) is 4.22. The van der Waals surface area contributed by atoms with Gasteiger partial charge in [-0.2, -0.15) is 0 Å². The standard InChI is InChI=1S/C10H16O3/c1-4-8(5-2)9(11)6-7-10(12)13-3/h8-9,11H,4-5H2,1-3H3. The van der Waals surface area contributed by atoms with E-state index in [0.717, 1.165) is 12.8 Å². The predicted molar refractivity (Wildman–Crippen MR) is 49.9 cm³/mol. The van der Waals surface area contributed by atoms with Gasteiger partial charge in [-0.25, -0.2) is 4.79 Å². The van der Waals surface area contributed by atoms with Gasteiger partial charge in [0.15, 0.2) is 0 Å². The fourth-order valence-electron chi connectivity index (χ4n) is 1.04. The van der Waals surface area contributed by atoms with Crippen LogP contribution in [0.5, 0.6) is 0 Å². The van der Waals surface area contributed by atoms with Crippen molar-refractivity contribution >= 4 is 5.97 Å². The monoisotopic (exact) mass is 184 g/mol. The Kier molecular flexibility index (Phi) is 5.99. The quantitative estimate of drug-likeness (QED) is 0.403. The Morgan fingerprint density at radius 3 is 2.38 bits per heavy atom. The summed E-state index contributed by atoms with van der Waals surface area (Å²) in [6, 6.07) is 0. The molecule has 1 unspecified atom stereocenters. The Morgan fingerprint density at radius 2 is 2.00 bits per heavy atom. The van der Waals surface area contributed by atoms with Crippen molar-refractivity contribution < 1.29 is 14.6 Å². The van der Waals surface area contributed by atoms with Crippen LogP contribution in [0.3, 0.4) is 0 Å². The Bertz CT molecular complexity index is 208. The van der Waals surface area contributed by atoms with Gasteiger partial charge in [0, 0.05) is 5.92 Å². The van der Waals surface area contributed by atoms with E-state index in [1.54, 1.807) is 0 Å². The first-order chi connectivity index (χ1) is 6.15. The first-order valence-corrected chi connectivity index (χ1v) is 4.43. The Morgan fingerprint density at radius 1 is 1.46 bits per heavy atom. The highest BCUT2D eigenvalue weighted by Crippen LogP contribution is 2.11. The molecule has 0 spiro atoms. The van der Waals surface area contributed by atoms with Crippen LogP contribution in [0.15, 0.2) is 0 Å². The van der Waals surface area contributed by atoms with Crippen molar-refractivity contribution in [2.75, 3.05) is 7.11 Å². The van der Waals surface area contributed by atoms with E-state index in [0.29, 0.717) is 0 Å². The smallest absolute Gasteiger partial charge is 0.384 e.